The zero-order chi connectivity index (χ0) is 24.3. The van der Waals surface area contributed by atoms with Gasteiger partial charge in [0.05, 0.1) is 34.7 Å². The van der Waals surface area contributed by atoms with Gasteiger partial charge in [0.25, 0.3) is 0 Å². The van der Waals surface area contributed by atoms with Crippen molar-refractivity contribution in [2.75, 3.05) is 50.5 Å². The number of amides is 1. The molecule has 0 aliphatic carbocycles. The van der Waals surface area contributed by atoms with Gasteiger partial charge in [0.15, 0.2) is 15.0 Å². The highest BCUT2D eigenvalue weighted by atomic mass is 35.5. The van der Waals surface area contributed by atoms with Crippen LogP contribution in [0, 0.1) is 6.92 Å². The highest BCUT2D eigenvalue weighted by Gasteiger charge is 2.22. The molecule has 0 N–H and O–H groups in total. The summed E-state index contributed by atoms with van der Waals surface area (Å²) in [5, 5.41) is 1.30. The van der Waals surface area contributed by atoms with E-state index in [2.05, 4.69) is 4.90 Å². The van der Waals surface area contributed by atoms with E-state index in [4.69, 9.17) is 21.3 Å². The summed E-state index contributed by atoms with van der Waals surface area (Å²) >= 11 is 7.70. The van der Waals surface area contributed by atoms with Crippen LogP contribution in [0.5, 0.6) is 0 Å². The number of sulfone groups is 1. The van der Waals surface area contributed by atoms with E-state index in [0.717, 1.165) is 60.6 Å². The van der Waals surface area contributed by atoms with Crippen molar-refractivity contribution >= 4 is 54.0 Å². The Bertz CT molecular complexity index is 1270. The molecule has 0 saturated carbocycles. The number of hydrogen-bond acceptors (Lipinski definition) is 7. The molecule has 0 radical (unpaired) electrons. The molecule has 2 heterocycles. The molecule has 0 atom stereocenters. The second-order valence-corrected chi connectivity index (χ2v) is 12.0. The number of hydrogen-bond donors (Lipinski definition) is 0. The Balaban J connectivity index is 1.55. The lowest BCUT2D eigenvalue weighted by Crippen LogP contribution is -2.39. The number of aromatic nitrogens is 1. The van der Waals surface area contributed by atoms with Gasteiger partial charge in [-0.05, 0) is 48.7 Å². The first kappa shape index (κ1) is 25.1. The van der Waals surface area contributed by atoms with Crippen LogP contribution in [0.3, 0.4) is 0 Å². The SMILES string of the molecule is Cc1cc(Cl)cc2sc(N(CCCN3CCOCC3)C(=O)Cc3ccc(S(C)(=O)=O)cc3)nc12. The summed E-state index contributed by atoms with van der Waals surface area (Å²) < 4.78 is 29.9. The zero-order valence-electron chi connectivity index (χ0n) is 19.3. The topological polar surface area (TPSA) is 79.8 Å². The molecule has 0 spiro atoms. The molecule has 10 heteroatoms. The number of halogens is 1. The second kappa shape index (κ2) is 10.7. The number of anilines is 1. The first-order chi connectivity index (χ1) is 16.2. The van der Waals surface area contributed by atoms with E-state index < -0.39 is 9.84 Å². The van der Waals surface area contributed by atoms with Crippen LogP contribution in [0.15, 0.2) is 41.3 Å². The first-order valence-corrected chi connectivity index (χ1v) is 14.3. The van der Waals surface area contributed by atoms with Crippen LogP contribution < -0.4 is 4.90 Å². The Morgan fingerprint density at radius 2 is 1.91 bits per heavy atom. The summed E-state index contributed by atoms with van der Waals surface area (Å²) in [6.07, 6.45) is 2.15. The molecular weight excluding hydrogens is 494 g/mol. The minimum absolute atomic E-state index is 0.0723. The van der Waals surface area contributed by atoms with Gasteiger partial charge in [0, 0.05) is 37.5 Å². The normalized spacial score (nSPS) is 15.0. The molecule has 1 fully saturated rings. The van der Waals surface area contributed by atoms with E-state index in [1.807, 2.05) is 19.1 Å². The molecule has 1 amide bonds. The average Bonchev–Trinajstić information content (AvgIpc) is 3.21. The predicted molar refractivity (Wildman–Crippen MR) is 137 cm³/mol. The van der Waals surface area contributed by atoms with Gasteiger partial charge in [-0.3, -0.25) is 14.6 Å². The highest BCUT2D eigenvalue weighted by molar-refractivity contribution is 7.90. The third-order valence-corrected chi connectivity index (χ3v) is 8.21. The van der Waals surface area contributed by atoms with Gasteiger partial charge in [-0.15, -0.1) is 0 Å². The quantitative estimate of drug-likeness (QED) is 0.446. The molecule has 182 valence electrons. The van der Waals surface area contributed by atoms with Gasteiger partial charge in [-0.2, -0.15) is 0 Å². The van der Waals surface area contributed by atoms with Crippen molar-refractivity contribution < 1.29 is 17.9 Å². The van der Waals surface area contributed by atoms with Gasteiger partial charge in [0.1, 0.15) is 0 Å². The molecule has 1 aliphatic heterocycles. The Morgan fingerprint density at radius 1 is 1.21 bits per heavy atom. The number of carbonyl (C=O) groups excluding carboxylic acids is 1. The standard InChI is InChI=1S/C24H28ClN3O4S2/c1-17-14-19(25)16-21-23(17)26-24(33-21)28(9-3-8-27-10-12-32-13-11-27)22(29)15-18-4-6-20(7-5-18)34(2,30)31/h4-7,14,16H,3,8-13,15H2,1-2H3. The number of nitrogens with zero attached hydrogens (tertiary/aromatic N) is 3. The maximum Gasteiger partial charge on any atom is 0.233 e. The van der Waals surface area contributed by atoms with Gasteiger partial charge in [-0.25, -0.2) is 13.4 Å². The van der Waals surface area contributed by atoms with Crippen LogP contribution in [-0.2, 0) is 25.8 Å². The molecule has 3 aromatic rings. The van der Waals surface area contributed by atoms with Crippen LogP contribution in [-0.4, -0.2) is 69.9 Å². The fourth-order valence-corrected chi connectivity index (χ4v) is 6.08. The smallest absolute Gasteiger partial charge is 0.233 e. The van der Waals surface area contributed by atoms with E-state index in [9.17, 15) is 13.2 Å². The third-order valence-electron chi connectivity index (χ3n) is 5.84. The van der Waals surface area contributed by atoms with Crippen molar-refractivity contribution in [2.24, 2.45) is 0 Å². The Labute approximate surface area is 209 Å². The van der Waals surface area contributed by atoms with E-state index in [-0.39, 0.29) is 17.2 Å². The van der Waals surface area contributed by atoms with Crippen molar-refractivity contribution in [3.8, 4) is 0 Å². The number of ether oxygens (including phenoxy) is 1. The second-order valence-electron chi connectivity index (χ2n) is 8.51. The van der Waals surface area contributed by atoms with Gasteiger partial charge in [-0.1, -0.05) is 35.1 Å². The predicted octanol–water partition coefficient (Wildman–Crippen LogP) is 3.96. The number of benzene rings is 2. The lowest BCUT2D eigenvalue weighted by atomic mass is 10.1. The fraction of sp³-hybridized carbons (Fsp3) is 0.417. The lowest BCUT2D eigenvalue weighted by Gasteiger charge is -2.27. The van der Waals surface area contributed by atoms with E-state index >= 15 is 0 Å². The molecule has 4 rings (SSSR count). The van der Waals surface area contributed by atoms with Crippen molar-refractivity contribution in [3.05, 3.63) is 52.5 Å². The Kier molecular flexibility index (Phi) is 7.89. The summed E-state index contributed by atoms with van der Waals surface area (Å²) in [6, 6.07) is 10.2. The van der Waals surface area contributed by atoms with Gasteiger partial charge >= 0.3 is 0 Å². The molecule has 1 aromatic heterocycles. The van der Waals surface area contributed by atoms with Crippen LogP contribution in [0.1, 0.15) is 17.5 Å². The lowest BCUT2D eigenvalue weighted by molar-refractivity contribution is -0.118. The summed E-state index contributed by atoms with van der Waals surface area (Å²) in [5.41, 5.74) is 2.59. The maximum absolute atomic E-state index is 13.4. The zero-order valence-corrected chi connectivity index (χ0v) is 21.7. The van der Waals surface area contributed by atoms with E-state index in [1.165, 1.54) is 17.6 Å². The summed E-state index contributed by atoms with van der Waals surface area (Å²) in [4.78, 5) is 22.5. The number of morpholine rings is 1. The van der Waals surface area contributed by atoms with Gasteiger partial charge in [0.2, 0.25) is 5.91 Å². The Morgan fingerprint density at radius 3 is 2.59 bits per heavy atom. The Hall–Kier alpha value is -2.04. The summed E-state index contributed by atoms with van der Waals surface area (Å²) in [7, 11) is -3.28. The molecular formula is C24H28ClN3O4S2. The minimum Gasteiger partial charge on any atom is -0.379 e. The molecule has 34 heavy (non-hydrogen) atoms. The number of rotatable bonds is 8. The monoisotopic (exact) mass is 521 g/mol. The van der Waals surface area contributed by atoms with Crippen molar-refractivity contribution in [2.45, 2.75) is 24.7 Å². The number of fused-ring (bicyclic) bond motifs is 1. The van der Waals surface area contributed by atoms with Crippen molar-refractivity contribution in [1.29, 1.82) is 0 Å². The van der Waals surface area contributed by atoms with Crippen LogP contribution in [0.25, 0.3) is 10.2 Å². The molecule has 7 nitrogen and oxygen atoms in total. The molecule has 0 unspecified atom stereocenters. The van der Waals surface area contributed by atoms with E-state index in [0.29, 0.717) is 16.7 Å². The summed E-state index contributed by atoms with van der Waals surface area (Å²) in [6.45, 7) is 6.68. The molecule has 0 bridgehead atoms. The largest absolute Gasteiger partial charge is 0.379 e. The molecule has 1 aliphatic rings. The third kappa shape index (κ3) is 6.14. The maximum atomic E-state index is 13.4. The average molecular weight is 522 g/mol. The number of carbonyl (C=O) groups is 1. The van der Waals surface area contributed by atoms with E-state index in [1.54, 1.807) is 29.2 Å². The highest BCUT2D eigenvalue weighted by Crippen LogP contribution is 2.33. The van der Waals surface area contributed by atoms with Crippen LogP contribution in [0.2, 0.25) is 5.02 Å². The van der Waals surface area contributed by atoms with Crippen molar-refractivity contribution in [1.82, 2.24) is 9.88 Å². The summed E-state index contributed by atoms with van der Waals surface area (Å²) in [5.74, 6) is -0.0723. The fourth-order valence-electron chi connectivity index (χ4n) is 3.99. The number of aryl methyl sites for hydroxylation is 1. The first-order valence-electron chi connectivity index (χ1n) is 11.2. The molecule has 1 saturated heterocycles. The van der Waals surface area contributed by atoms with Crippen molar-refractivity contribution in [3.63, 3.8) is 0 Å². The minimum atomic E-state index is -3.28. The number of thiazole rings is 1. The van der Waals surface area contributed by atoms with Crippen LogP contribution >= 0.6 is 22.9 Å². The van der Waals surface area contributed by atoms with Crippen LogP contribution in [0.4, 0.5) is 5.13 Å². The molecule has 2 aromatic carbocycles. The van der Waals surface area contributed by atoms with Gasteiger partial charge < -0.3 is 4.74 Å².